The van der Waals surface area contributed by atoms with Crippen LogP contribution < -0.4 is 9.47 Å². The highest BCUT2D eigenvalue weighted by Gasteiger charge is 2.21. The Hall–Kier alpha value is -2.69. The summed E-state index contributed by atoms with van der Waals surface area (Å²) in [6.07, 6.45) is 2.31. The van der Waals surface area contributed by atoms with Crippen molar-refractivity contribution < 1.29 is 23.9 Å². The van der Waals surface area contributed by atoms with Crippen LogP contribution in [0, 0.1) is 0 Å². The Bertz CT molecular complexity index is 610. The lowest BCUT2D eigenvalue weighted by Gasteiger charge is -2.11. The van der Waals surface area contributed by atoms with Crippen molar-refractivity contribution in [3.05, 3.63) is 47.7 Å². The number of ketones is 2. The molecule has 0 bridgehead atoms. The van der Waals surface area contributed by atoms with E-state index >= 15 is 0 Å². The summed E-state index contributed by atoms with van der Waals surface area (Å²) < 4.78 is 10.3. The van der Waals surface area contributed by atoms with Gasteiger partial charge in [0, 0.05) is 18.2 Å². The smallest absolute Gasteiger partial charge is 0.222 e. The number of aldehydes is 1. The number of allylic oxidation sites excluding steroid dienone is 3. The summed E-state index contributed by atoms with van der Waals surface area (Å²) >= 11 is 0. The number of ether oxygens (including phenoxy) is 2. The molecule has 1 aromatic carbocycles. The maximum absolute atomic E-state index is 11.7. The Morgan fingerprint density at radius 3 is 2.47 bits per heavy atom. The van der Waals surface area contributed by atoms with Gasteiger partial charge in [0.05, 0.1) is 12.7 Å². The second kappa shape index (κ2) is 5.30. The van der Waals surface area contributed by atoms with E-state index < -0.39 is 11.6 Å². The van der Waals surface area contributed by atoms with Gasteiger partial charge in [-0.15, -0.1) is 0 Å². The molecule has 0 spiro atoms. The first-order valence-electron chi connectivity index (χ1n) is 5.43. The maximum Gasteiger partial charge on any atom is 0.222 e. The van der Waals surface area contributed by atoms with Gasteiger partial charge >= 0.3 is 0 Å². The summed E-state index contributed by atoms with van der Waals surface area (Å²) in [6.45, 7) is 0. The van der Waals surface area contributed by atoms with Crippen LogP contribution in [0.1, 0.15) is 0 Å². The van der Waals surface area contributed by atoms with Crippen molar-refractivity contribution in [3.63, 3.8) is 0 Å². The average molecular weight is 258 g/mol. The van der Waals surface area contributed by atoms with Gasteiger partial charge in [0.2, 0.25) is 5.78 Å². The van der Waals surface area contributed by atoms with Gasteiger partial charge in [-0.05, 0) is 12.1 Å². The van der Waals surface area contributed by atoms with Gasteiger partial charge in [0.25, 0.3) is 0 Å². The topological polar surface area (TPSA) is 69.7 Å². The van der Waals surface area contributed by atoms with Crippen molar-refractivity contribution in [1.29, 1.82) is 0 Å². The van der Waals surface area contributed by atoms with Crippen LogP contribution in [0.4, 0.5) is 0 Å². The molecule has 5 heteroatoms. The van der Waals surface area contributed by atoms with Crippen LogP contribution in [0.15, 0.2) is 47.7 Å². The molecule has 0 radical (unpaired) electrons. The molecule has 0 amide bonds. The number of carbonyl (C=O) groups excluding carboxylic acids is 3. The predicted molar refractivity (Wildman–Crippen MR) is 65.9 cm³/mol. The second-order valence-corrected chi connectivity index (χ2v) is 3.74. The highest BCUT2D eigenvalue weighted by molar-refractivity contribution is 6.26. The molecule has 1 aromatic rings. The molecule has 0 heterocycles. The fraction of sp³-hybridized carbons (Fsp3) is 0.0714. The molecular formula is C14H10O5. The fourth-order valence-corrected chi connectivity index (χ4v) is 1.52. The van der Waals surface area contributed by atoms with Crippen molar-refractivity contribution in [2.45, 2.75) is 0 Å². The summed E-state index contributed by atoms with van der Waals surface area (Å²) in [6, 6.07) is 6.62. The Morgan fingerprint density at radius 1 is 1.05 bits per heavy atom. The molecule has 0 unspecified atom stereocenters. The fourth-order valence-electron chi connectivity index (χ4n) is 1.52. The van der Waals surface area contributed by atoms with Crippen LogP contribution in [0.2, 0.25) is 0 Å². The predicted octanol–water partition coefficient (Wildman–Crippen LogP) is 1.23. The first kappa shape index (κ1) is 12.8. The van der Waals surface area contributed by atoms with Gasteiger partial charge in [-0.25, -0.2) is 0 Å². The van der Waals surface area contributed by atoms with E-state index in [1.807, 2.05) is 0 Å². The number of benzene rings is 1. The van der Waals surface area contributed by atoms with Crippen molar-refractivity contribution in [2.75, 3.05) is 7.11 Å². The van der Waals surface area contributed by atoms with E-state index in [0.29, 0.717) is 17.8 Å². The summed E-state index contributed by atoms with van der Waals surface area (Å²) in [5, 5.41) is 0. The van der Waals surface area contributed by atoms with E-state index in [-0.39, 0.29) is 11.3 Å². The summed E-state index contributed by atoms with van der Waals surface area (Å²) in [7, 11) is 1.51. The van der Waals surface area contributed by atoms with E-state index in [2.05, 4.69) is 0 Å². The largest absolute Gasteiger partial charge is 0.497 e. The zero-order valence-electron chi connectivity index (χ0n) is 10.1. The first-order chi connectivity index (χ1) is 9.13. The molecule has 2 rings (SSSR count). The zero-order chi connectivity index (χ0) is 13.8. The first-order valence-corrected chi connectivity index (χ1v) is 5.43. The van der Waals surface area contributed by atoms with Gasteiger partial charge in [0.15, 0.2) is 17.8 Å². The van der Waals surface area contributed by atoms with Crippen LogP contribution in [-0.2, 0) is 14.4 Å². The molecule has 0 saturated carbocycles. The summed E-state index contributed by atoms with van der Waals surface area (Å²) in [4.78, 5) is 33.7. The lowest BCUT2D eigenvalue weighted by Crippen LogP contribution is -2.17. The lowest BCUT2D eigenvalue weighted by atomic mass is 10.0. The van der Waals surface area contributed by atoms with Crippen molar-refractivity contribution in [3.8, 4) is 11.5 Å². The van der Waals surface area contributed by atoms with Crippen molar-refractivity contribution in [2.24, 2.45) is 0 Å². The van der Waals surface area contributed by atoms with Crippen molar-refractivity contribution >= 4 is 17.9 Å². The number of rotatable bonds is 4. The Labute approximate surface area is 109 Å². The molecule has 19 heavy (non-hydrogen) atoms. The Kier molecular flexibility index (Phi) is 3.56. The highest BCUT2D eigenvalue weighted by atomic mass is 16.5. The van der Waals surface area contributed by atoms with Gasteiger partial charge in [-0.1, -0.05) is 6.07 Å². The lowest BCUT2D eigenvalue weighted by molar-refractivity contribution is -0.118. The highest BCUT2D eigenvalue weighted by Crippen LogP contribution is 2.22. The minimum absolute atomic E-state index is 0.121. The quantitative estimate of drug-likeness (QED) is 0.461. The van der Waals surface area contributed by atoms with Crippen LogP contribution in [0.25, 0.3) is 0 Å². The normalized spacial score (nSPS) is 14.6. The molecular weight excluding hydrogens is 248 g/mol. The molecule has 1 aliphatic carbocycles. The van der Waals surface area contributed by atoms with Gasteiger partial charge in [-0.3, -0.25) is 14.4 Å². The average Bonchev–Trinajstić information content (AvgIpc) is 2.42. The number of hydrogen-bond acceptors (Lipinski definition) is 5. The molecule has 96 valence electrons. The maximum atomic E-state index is 11.7. The molecule has 5 nitrogen and oxygen atoms in total. The van der Waals surface area contributed by atoms with E-state index in [1.165, 1.54) is 7.11 Å². The van der Waals surface area contributed by atoms with Crippen LogP contribution >= 0.6 is 0 Å². The molecule has 0 fully saturated rings. The van der Waals surface area contributed by atoms with Gasteiger partial charge < -0.3 is 9.47 Å². The van der Waals surface area contributed by atoms with E-state index in [9.17, 15) is 14.4 Å². The molecule has 0 atom stereocenters. The minimum atomic E-state index is -0.549. The SMILES string of the molecule is COc1cccc(OC2=CC(=O)C(C=O)=CC2=O)c1. The minimum Gasteiger partial charge on any atom is -0.497 e. The molecule has 1 aliphatic rings. The van der Waals surface area contributed by atoms with Crippen molar-refractivity contribution in [1.82, 2.24) is 0 Å². The van der Waals surface area contributed by atoms with Gasteiger partial charge in [0.1, 0.15) is 11.5 Å². The molecule has 0 N–H and O–H groups in total. The third-order valence-corrected chi connectivity index (χ3v) is 2.47. The van der Waals surface area contributed by atoms with Crippen LogP contribution in [-0.4, -0.2) is 25.0 Å². The standard InChI is InChI=1S/C14H10O5/c1-18-10-3-2-4-11(6-10)19-14-7-12(16)9(8-15)5-13(14)17/h2-8H,1H3. The third-order valence-electron chi connectivity index (χ3n) is 2.47. The van der Waals surface area contributed by atoms with E-state index in [0.717, 1.165) is 12.2 Å². The number of methoxy groups -OCH3 is 1. The van der Waals surface area contributed by atoms with Gasteiger partial charge in [-0.2, -0.15) is 0 Å². The van der Waals surface area contributed by atoms with Crippen LogP contribution in [0.5, 0.6) is 11.5 Å². The molecule has 0 aliphatic heterocycles. The van der Waals surface area contributed by atoms with E-state index in [1.54, 1.807) is 24.3 Å². The molecule has 0 aromatic heterocycles. The van der Waals surface area contributed by atoms with E-state index in [4.69, 9.17) is 9.47 Å². The summed E-state index contributed by atoms with van der Waals surface area (Å²) in [5.74, 6) is -0.257. The van der Waals surface area contributed by atoms with Crippen LogP contribution in [0.3, 0.4) is 0 Å². The summed E-state index contributed by atoms with van der Waals surface area (Å²) in [5.41, 5.74) is -0.178. The third kappa shape index (κ3) is 2.77. The Balaban J connectivity index is 2.22. The second-order valence-electron chi connectivity index (χ2n) is 3.74. The Morgan fingerprint density at radius 2 is 1.79 bits per heavy atom. The zero-order valence-corrected chi connectivity index (χ0v) is 10.1. The monoisotopic (exact) mass is 258 g/mol. The number of carbonyl (C=O) groups is 3. The molecule has 0 saturated heterocycles. The number of hydrogen-bond donors (Lipinski definition) is 0.